The monoisotopic (exact) mass is 417 g/mol. The van der Waals surface area contributed by atoms with Crippen molar-refractivity contribution in [1.82, 2.24) is 4.90 Å². The number of esters is 1. The molecule has 1 fully saturated rings. The Morgan fingerprint density at radius 3 is 2.54 bits per heavy atom. The van der Waals surface area contributed by atoms with Crippen LogP contribution in [-0.4, -0.2) is 36.5 Å². The van der Waals surface area contributed by atoms with Crippen LogP contribution in [0.4, 0.5) is 0 Å². The Hall–Kier alpha value is -1.98. The second-order valence-electron chi connectivity index (χ2n) is 7.10. The highest BCUT2D eigenvalue weighted by atomic mass is 35.5. The van der Waals surface area contributed by atoms with Crippen molar-refractivity contribution in [1.29, 1.82) is 0 Å². The molecule has 0 aromatic heterocycles. The van der Waals surface area contributed by atoms with E-state index in [4.69, 9.17) is 16.3 Å². The summed E-state index contributed by atoms with van der Waals surface area (Å²) in [5, 5.41) is 0.723. The molecular formula is C22H24ClNO3S. The number of halogens is 1. The van der Waals surface area contributed by atoms with E-state index in [2.05, 4.69) is 6.92 Å². The quantitative estimate of drug-likeness (QED) is 0.487. The number of hydrogen-bond donors (Lipinski definition) is 0. The standard InChI is InChI=1S/C22H24ClNO3S/c1-16-3-2-12-24(13-16)21(25)14-27-22(26)18-6-4-17(5-7-18)15-28-20-10-8-19(23)9-11-20/h4-11,16H,2-3,12-15H2,1H3/t16-/m0/s1. The maximum atomic E-state index is 12.2. The first-order chi connectivity index (χ1) is 13.5. The van der Waals surface area contributed by atoms with Crippen LogP contribution in [0, 0.1) is 5.92 Å². The predicted molar refractivity (Wildman–Crippen MR) is 113 cm³/mol. The van der Waals surface area contributed by atoms with E-state index in [9.17, 15) is 9.59 Å². The number of hydrogen-bond acceptors (Lipinski definition) is 4. The highest BCUT2D eigenvalue weighted by Gasteiger charge is 2.22. The third-order valence-corrected chi connectivity index (χ3v) is 6.08. The number of carbonyl (C=O) groups excluding carboxylic acids is 2. The van der Waals surface area contributed by atoms with E-state index in [1.165, 1.54) is 0 Å². The van der Waals surface area contributed by atoms with Crippen LogP contribution in [0.2, 0.25) is 5.02 Å². The van der Waals surface area contributed by atoms with Gasteiger partial charge in [0.15, 0.2) is 6.61 Å². The molecule has 1 atom stereocenters. The highest BCUT2D eigenvalue weighted by molar-refractivity contribution is 7.98. The van der Waals surface area contributed by atoms with Crippen LogP contribution in [0.3, 0.4) is 0 Å². The van der Waals surface area contributed by atoms with E-state index in [-0.39, 0.29) is 12.5 Å². The molecular weight excluding hydrogens is 394 g/mol. The molecule has 0 radical (unpaired) electrons. The molecule has 0 unspecified atom stereocenters. The number of benzene rings is 2. The van der Waals surface area contributed by atoms with E-state index in [0.29, 0.717) is 11.5 Å². The first-order valence-electron chi connectivity index (χ1n) is 9.43. The number of piperidine rings is 1. The summed E-state index contributed by atoms with van der Waals surface area (Å²) in [4.78, 5) is 27.3. The van der Waals surface area contributed by atoms with Gasteiger partial charge in [-0.2, -0.15) is 0 Å². The van der Waals surface area contributed by atoms with Crippen molar-refractivity contribution in [2.24, 2.45) is 5.92 Å². The number of likely N-dealkylation sites (tertiary alicyclic amines) is 1. The minimum absolute atomic E-state index is 0.115. The van der Waals surface area contributed by atoms with Crippen molar-refractivity contribution in [3.63, 3.8) is 0 Å². The average Bonchev–Trinajstić information content (AvgIpc) is 2.71. The van der Waals surface area contributed by atoms with Gasteiger partial charge >= 0.3 is 5.97 Å². The zero-order valence-electron chi connectivity index (χ0n) is 15.9. The maximum Gasteiger partial charge on any atom is 0.338 e. The van der Waals surface area contributed by atoms with Gasteiger partial charge in [-0.15, -0.1) is 11.8 Å². The van der Waals surface area contributed by atoms with Crippen LogP contribution in [0.15, 0.2) is 53.4 Å². The van der Waals surface area contributed by atoms with Gasteiger partial charge in [0.2, 0.25) is 0 Å². The lowest BCUT2D eigenvalue weighted by Gasteiger charge is -2.30. The molecule has 1 saturated heterocycles. The summed E-state index contributed by atoms with van der Waals surface area (Å²) in [5.74, 6) is 0.723. The number of thioether (sulfide) groups is 1. The summed E-state index contributed by atoms with van der Waals surface area (Å²) in [7, 11) is 0. The summed E-state index contributed by atoms with van der Waals surface area (Å²) < 4.78 is 5.21. The number of carbonyl (C=O) groups is 2. The van der Waals surface area contributed by atoms with Crippen LogP contribution in [0.1, 0.15) is 35.7 Å². The van der Waals surface area contributed by atoms with Crippen LogP contribution in [-0.2, 0) is 15.3 Å². The molecule has 148 valence electrons. The first-order valence-corrected chi connectivity index (χ1v) is 10.8. The first kappa shape index (κ1) is 20.7. The molecule has 0 N–H and O–H groups in total. The fourth-order valence-corrected chi connectivity index (χ4v) is 4.13. The van der Waals surface area contributed by atoms with Gasteiger partial charge in [-0.25, -0.2) is 4.79 Å². The maximum absolute atomic E-state index is 12.2. The van der Waals surface area contributed by atoms with Crippen LogP contribution in [0.25, 0.3) is 0 Å². The summed E-state index contributed by atoms with van der Waals surface area (Å²) in [6, 6.07) is 15.0. The number of amides is 1. The molecule has 28 heavy (non-hydrogen) atoms. The van der Waals surface area contributed by atoms with Crippen molar-refractivity contribution < 1.29 is 14.3 Å². The van der Waals surface area contributed by atoms with Gasteiger partial charge in [0.25, 0.3) is 5.91 Å². The second kappa shape index (κ2) is 9.99. The van der Waals surface area contributed by atoms with E-state index >= 15 is 0 Å². The summed E-state index contributed by atoms with van der Waals surface area (Å²) in [5.41, 5.74) is 1.56. The number of rotatable bonds is 6. The normalized spacial score (nSPS) is 16.6. The molecule has 0 saturated carbocycles. The minimum Gasteiger partial charge on any atom is -0.452 e. The molecule has 1 aliphatic heterocycles. The minimum atomic E-state index is -0.463. The fourth-order valence-electron chi connectivity index (χ4n) is 3.15. The summed E-state index contributed by atoms with van der Waals surface area (Å²) >= 11 is 7.60. The van der Waals surface area contributed by atoms with Crippen molar-refractivity contribution in [3.8, 4) is 0 Å². The second-order valence-corrected chi connectivity index (χ2v) is 8.59. The fraction of sp³-hybridized carbons (Fsp3) is 0.364. The molecule has 4 nitrogen and oxygen atoms in total. The largest absolute Gasteiger partial charge is 0.452 e. The Morgan fingerprint density at radius 1 is 1.14 bits per heavy atom. The molecule has 2 aromatic carbocycles. The lowest BCUT2D eigenvalue weighted by atomic mass is 10.0. The molecule has 0 spiro atoms. The molecule has 2 aromatic rings. The summed E-state index contributed by atoms with van der Waals surface area (Å²) in [6.45, 7) is 3.44. The van der Waals surface area contributed by atoms with Crippen LogP contribution < -0.4 is 0 Å². The van der Waals surface area contributed by atoms with Crippen LogP contribution >= 0.6 is 23.4 Å². The summed E-state index contributed by atoms with van der Waals surface area (Å²) in [6.07, 6.45) is 2.16. The molecule has 1 heterocycles. The number of nitrogens with zero attached hydrogens (tertiary/aromatic N) is 1. The van der Waals surface area contributed by atoms with Gasteiger partial charge in [0.05, 0.1) is 5.56 Å². The third-order valence-electron chi connectivity index (χ3n) is 4.75. The molecule has 6 heteroatoms. The third kappa shape index (κ3) is 6.01. The van der Waals surface area contributed by atoms with Gasteiger partial charge in [-0.3, -0.25) is 4.79 Å². The van der Waals surface area contributed by atoms with E-state index in [1.54, 1.807) is 28.8 Å². The Labute approximate surface area is 175 Å². The van der Waals surface area contributed by atoms with E-state index < -0.39 is 5.97 Å². The molecule has 3 rings (SSSR count). The average molecular weight is 418 g/mol. The van der Waals surface area contributed by atoms with Gasteiger partial charge in [-0.05, 0) is 60.7 Å². The van der Waals surface area contributed by atoms with Crippen molar-refractivity contribution in [3.05, 3.63) is 64.7 Å². The van der Waals surface area contributed by atoms with Gasteiger partial charge < -0.3 is 9.64 Å². The molecule has 0 bridgehead atoms. The van der Waals surface area contributed by atoms with Crippen LogP contribution in [0.5, 0.6) is 0 Å². The topological polar surface area (TPSA) is 46.6 Å². The molecule has 0 aliphatic carbocycles. The highest BCUT2D eigenvalue weighted by Crippen LogP contribution is 2.24. The number of ether oxygens (including phenoxy) is 1. The SMILES string of the molecule is C[C@H]1CCCN(C(=O)COC(=O)c2ccc(CSc3ccc(Cl)cc3)cc2)C1. The van der Waals surface area contributed by atoms with E-state index in [1.807, 2.05) is 36.4 Å². The zero-order chi connectivity index (χ0) is 19.9. The molecule has 1 amide bonds. The Kier molecular flexibility index (Phi) is 7.40. The van der Waals surface area contributed by atoms with Gasteiger partial charge in [0, 0.05) is 28.8 Å². The van der Waals surface area contributed by atoms with Crippen molar-refractivity contribution >= 4 is 35.2 Å². The Balaban J connectivity index is 1.46. The smallest absolute Gasteiger partial charge is 0.338 e. The Morgan fingerprint density at radius 2 is 1.86 bits per heavy atom. The lowest BCUT2D eigenvalue weighted by molar-refractivity contribution is -0.136. The van der Waals surface area contributed by atoms with E-state index in [0.717, 1.165) is 47.2 Å². The van der Waals surface area contributed by atoms with Gasteiger partial charge in [-0.1, -0.05) is 30.7 Å². The lowest BCUT2D eigenvalue weighted by Crippen LogP contribution is -2.41. The van der Waals surface area contributed by atoms with Crippen molar-refractivity contribution in [2.75, 3.05) is 19.7 Å². The van der Waals surface area contributed by atoms with Crippen molar-refractivity contribution in [2.45, 2.75) is 30.4 Å². The molecule has 1 aliphatic rings. The Bertz CT molecular complexity index is 808. The zero-order valence-corrected chi connectivity index (χ0v) is 17.5. The predicted octanol–water partition coefficient (Wildman–Crippen LogP) is 5.05. The van der Waals surface area contributed by atoms with Gasteiger partial charge in [0.1, 0.15) is 0 Å².